The van der Waals surface area contributed by atoms with Gasteiger partial charge in [-0.1, -0.05) is 6.07 Å². The largest absolute Gasteiger partial charge is 0.313 e. The Morgan fingerprint density at radius 2 is 2.46 bits per heavy atom. The van der Waals surface area contributed by atoms with Crippen LogP contribution >= 0.6 is 0 Å². The fourth-order valence-electron chi connectivity index (χ4n) is 1.26. The van der Waals surface area contributed by atoms with Crippen LogP contribution < -0.4 is 5.32 Å². The van der Waals surface area contributed by atoms with E-state index in [0.717, 1.165) is 5.56 Å². The fraction of sp³-hybridized carbons (Fsp3) is 0.400. The van der Waals surface area contributed by atoms with Gasteiger partial charge >= 0.3 is 0 Å². The molecule has 0 saturated carbocycles. The summed E-state index contributed by atoms with van der Waals surface area (Å²) in [5, 5.41) is 3.09. The van der Waals surface area contributed by atoms with Gasteiger partial charge in [-0.25, -0.2) is 0 Å². The van der Waals surface area contributed by atoms with Crippen molar-refractivity contribution in [3.8, 4) is 0 Å². The lowest BCUT2D eigenvalue weighted by molar-refractivity contribution is -0.117. The van der Waals surface area contributed by atoms with Gasteiger partial charge in [-0.3, -0.25) is 9.78 Å². The number of rotatable bonds is 4. The average Bonchev–Trinajstić information content (AvgIpc) is 2.15. The van der Waals surface area contributed by atoms with Crippen molar-refractivity contribution in [2.75, 3.05) is 7.05 Å². The first kappa shape index (κ1) is 9.86. The zero-order chi connectivity index (χ0) is 9.68. The minimum absolute atomic E-state index is 0.0891. The number of carbonyl (C=O) groups is 1. The first-order valence-corrected chi connectivity index (χ1v) is 4.30. The molecule has 0 aromatic carbocycles. The number of Topliss-reactive ketones (excluding diaryl/α,β-unsaturated/α-hetero) is 1. The lowest BCUT2D eigenvalue weighted by atomic mass is 10.0. The fourth-order valence-corrected chi connectivity index (χ4v) is 1.26. The molecule has 0 unspecified atom stereocenters. The van der Waals surface area contributed by atoms with Crippen molar-refractivity contribution in [3.05, 3.63) is 30.1 Å². The molecular formula is C10H14N2O. The third kappa shape index (κ3) is 2.95. The topological polar surface area (TPSA) is 42.0 Å². The lowest BCUT2D eigenvalue weighted by Crippen LogP contribution is -2.18. The van der Waals surface area contributed by atoms with Crippen molar-refractivity contribution in [1.29, 1.82) is 0 Å². The first-order valence-electron chi connectivity index (χ1n) is 4.30. The van der Waals surface area contributed by atoms with E-state index < -0.39 is 0 Å². The van der Waals surface area contributed by atoms with E-state index in [1.54, 1.807) is 19.3 Å². The van der Waals surface area contributed by atoms with E-state index in [-0.39, 0.29) is 11.8 Å². The van der Waals surface area contributed by atoms with Crippen LogP contribution in [0.4, 0.5) is 0 Å². The second kappa shape index (κ2) is 4.72. The monoisotopic (exact) mass is 178 g/mol. The van der Waals surface area contributed by atoms with Gasteiger partial charge in [0.05, 0.1) is 0 Å². The Labute approximate surface area is 78.2 Å². The molecule has 3 nitrogen and oxygen atoms in total. The molecule has 1 heterocycles. The van der Waals surface area contributed by atoms with E-state index in [1.807, 2.05) is 19.2 Å². The first-order chi connectivity index (χ1) is 6.24. The number of carbonyl (C=O) groups excluding carboxylic acids is 1. The van der Waals surface area contributed by atoms with E-state index in [1.165, 1.54) is 0 Å². The average molecular weight is 178 g/mol. The normalized spacial score (nSPS) is 12.5. The number of nitrogens with one attached hydrogen (secondary N) is 1. The molecule has 0 aliphatic rings. The van der Waals surface area contributed by atoms with Crippen LogP contribution in [0, 0.1) is 0 Å². The van der Waals surface area contributed by atoms with Gasteiger partial charge in [0, 0.05) is 24.9 Å². The summed E-state index contributed by atoms with van der Waals surface area (Å²) < 4.78 is 0. The second-order valence-corrected chi connectivity index (χ2v) is 3.03. The molecule has 0 spiro atoms. The van der Waals surface area contributed by atoms with Gasteiger partial charge in [-0.05, 0) is 25.6 Å². The van der Waals surface area contributed by atoms with Crippen LogP contribution in [0.5, 0.6) is 0 Å². The highest BCUT2D eigenvalue weighted by atomic mass is 16.1. The maximum atomic E-state index is 10.9. The standard InChI is InChI=1S/C10H14N2O/c1-8(13)6-10(11-2)9-4-3-5-12-7-9/h3-5,7,10-11H,6H2,1-2H3/t10-/m0/s1. The Kier molecular flexibility index (Phi) is 3.58. The number of hydrogen-bond acceptors (Lipinski definition) is 3. The van der Waals surface area contributed by atoms with Crippen LogP contribution in [-0.4, -0.2) is 17.8 Å². The smallest absolute Gasteiger partial charge is 0.131 e. The molecule has 0 radical (unpaired) electrons. The molecule has 0 aliphatic heterocycles. The number of ketones is 1. The van der Waals surface area contributed by atoms with E-state index in [2.05, 4.69) is 10.3 Å². The van der Waals surface area contributed by atoms with Crippen LogP contribution in [0.25, 0.3) is 0 Å². The Balaban J connectivity index is 2.73. The van der Waals surface area contributed by atoms with E-state index in [9.17, 15) is 4.79 Å². The van der Waals surface area contributed by atoms with E-state index in [0.29, 0.717) is 6.42 Å². The highest BCUT2D eigenvalue weighted by Crippen LogP contribution is 2.14. The minimum atomic E-state index is 0.0891. The quantitative estimate of drug-likeness (QED) is 0.756. The third-order valence-corrected chi connectivity index (χ3v) is 1.93. The SMILES string of the molecule is CN[C@@H](CC(C)=O)c1cccnc1. The Morgan fingerprint density at radius 3 is 2.92 bits per heavy atom. The third-order valence-electron chi connectivity index (χ3n) is 1.93. The molecule has 1 aromatic rings. The molecule has 0 saturated heterocycles. The lowest BCUT2D eigenvalue weighted by Gasteiger charge is -2.13. The number of hydrogen-bond donors (Lipinski definition) is 1. The van der Waals surface area contributed by atoms with Crippen molar-refractivity contribution in [3.63, 3.8) is 0 Å². The van der Waals surface area contributed by atoms with Gasteiger partial charge in [0.2, 0.25) is 0 Å². The molecule has 3 heteroatoms. The van der Waals surface area contributed by atoms with Gasteiger partial charge < -0.3 is 5.32 Å². The summed E-state index contributed by atoms with van der Waals surface area (Å²) in [6.07, 6.45) is 4.02. The summed E-state index contributed by atoms with van der Waals surface area (Å²) in [5.41, 5.74) is 1.06. The maximum Gasteiger partial charge on any atom is 0.131 e. The van der Waals surface area contributed by atoms with E-state index >= 15 is 0 Å². The zero-order valence-electron chi connectivity index (χ0n) is 7.95. The maximum absolute atomic E-state index is 10.9. The molecule has 1 aromatic heterocycles. The summed E-state index contributed by atoms with van der Waals surface area (Å²) in [6.45, 7) is 1.60. The van der Waals surface area contributed by atoms with Crippen molar-refractivity contribution >= 4 is 5.78 Å². The molecule has 1 atom stereocenters. The summed E-state index contributed by atoms with van der Waals surface area (Å²) in [5.74, 6) is 0.184. The van der Waals surface area contributed by atoms with Crippen molar-refractivity contribution in [1.82, 2.24) is 10.3 Å². The van der Waals surface area contributed by atoms with Crippen LogP contribution in [-0.2, 0) is 4.79 Å². The molecule has 0 amide bonds. The van der Waals surface area contributed by atoms with Crippen LogP contribution in [0.1, 0.15) is 24.9 Å². The molecule has 0 aliphatic carbocycles. The summed E-state index contributed by atoms with van der Waals surface area (Å²) in [7, 11) is 1.85. The summed E-state index contributed by atoms with van der Waals surface area (Å²) in [6, 6.07) is 3.93. The molecule has 1 N–H and O–H groups in total. The highest BCUT2D eigenvalue weighted by molar-refractivity contribution is 5.76. The van der Waals surface area contributed by atoms with Gasteiger partial charge in [0.25, 0.3) is 0 Å². The number of aromatic nitrogens is 1. The van der Waals surface area contributed by atoms with Crippen LogP contribution in [0.3, 0.4) is 0 Å². The zero-order valence-corrected chi connectivity index (χ0v) is 7.95. The second-order valence-electron chi connectivity index (χ2n) is 3.03. The minimum Gasteiger partial charge on any atom is -0.313 e. The van der Waals surface area contributed by atoms with Crippen LogP contribution in [0.15, 0.2) is 24.5 Å². The van der Waals surface area contributed by atoms with Gasteiger partial charge in [0.15, 0.2) is 0 Å². The summed E-state index contributed by atoms with van der Waals surface area (Å²) in [4.78, 5) is 14.9. The van der Waals surface area contributed by atoms with Crippen molar-refractivity contribution in [2.45, 2.75) is 19.4 Å². The highest BCUT2D eigenvalue weighted by Gasteiger charge is 2.10. The number of nitrogens with zero attached hydrogens (tertiary/aromatic N) is 1. The predicted molar refractivity (Wildman–Crippen MR) is 51.3 cm³/mol. The Hall–Kier alpha value is -1.22. The van der Waals surface area contributed by atoms with Gasteiger partial charge in [-0.15, -0.1) is 0 Å². The van der Waals surface area contributed by atoms with Gasteiger partial charge in [-0.2, -0.15) is 0 Å². The predicted octanol–water partition coefficient (Wildman–Crippen LogP) is 1.32. The molecule has 1 rings (SSSR count). The molecule has 0 fully saturated rings. The molecule has 13 heavy (non-hydrogen) atoms. The van der Waals surface area contributed by atoms with Gasteiger partial charge in [0.1, 0.15) is 5.78 Å². The molecular weight excluding hydrogens is 164 g/mol. The molecule has 0 bridgehead atoms. The number of pyridine rings is 1. The van der Waals surface area contributed by atoms with Crippen LogP contribution in [0.2, 0.25) is 0 Å². The van der Waals surface area contributed by atoms with Crippen molar-refractivity contribution in [2.24, 2.45) is 0 Å². The summed E-state index contributed by atoms with van der Waals surface area (Å²) >= 11 is 0. The van der Waals surface area contributed by atoms with Crippen molar-refractivity contribution < 1.29 is 4.79 Å². The molecule has 70 valence electrons. The van der Waals surface area contributed by atoms with E-state index in [4.69, 9.17) is 0 Å². The Bertz CT molecular complexity index is 272. The Morgan fingerprint density at radius 1 is 1.69 bits per heavy atom.